The fourth-order valence-electron chi connectivity index (χ4n) is 3.18. The lowest BCUT2D eigenvalue weighted by Gasteiger charge is -2.36. The van der Waals surface area contributed by atoms with E-state index in [1.165, 1.54) is 0 Å². The number of rotatable bonds is 3. The average Bonchev–Trinajstić information content (AvgIpc) is 3.32. The number of aromatic carboxylic acids is 1. The molecule has 1 aliphatic heterocycles. The van der Waals surface area contributed by atoms with Gasteiger partial charge in [0.1, 0.15) is 11.9 Å². The van der Waals surface area contributed by atoms with E-state index in [1.54, 1.807) is 6.20 Å². The average molecular weight is 311 g/mol. The van der Waals surface area contributed by atoms with Crippen LogP contribution in [-0.4, -0.2) is 38.0 Å². The van der Waals surface area contributed by atoms with Crippen LogP contribution >= 0.6 is 0 Å². The van der Waals surface area contributed by atoms with Crippen LogP contribution in [0.15, 0.2) is 36.5 Å². The highest BCUT2D eigenvalue weighted by Crippen LogP contribution is 2.38. The van der Waals surface area contributed by atoms with Gasteiger partial charge in [0, 0.05) is 25.2 Å². The molecule has 2 heterocycles. The summed E-state index contributed by atoms with van der Waals surface area (Å²) in [4.78, 5) is 30.1. The summed E-state index contributed by atoms with van der Waals surface area (Å²) in [5, 5.41) is 9.21. The highest BCUT2D eigenvalue weighted by molar-refractivity contribution is 5.85. The zero-order valence-corrected chi connectivity index (χ0v) is 12.6. The van der Waals surface area contributed by atoms with Gasteiger partial charge in [0.2, 0.25) is 5.91 Å². The van der Waals surface area contributed by atoms with E-state index in [1.807, 2.05) is 39.8 Å². The second-order valence-electron chi connectivity index (χ2n) is 6.10. The van der Waals surface area contributed by atoms with Crippen molar-refractivity contribution in [2.45, 2.75) is 25.4 Å². The number of benzene rings is 1. The van der Waals surface area contributed by atoms with E-state index in [0.717, 1.165) is 18.4 Å². The van der Waals surface area contributed by atoms with Crippen LogP contribution in [0.5, 0.6) is 0 Å². The van der Waals surface area contributed by atoms with Crippen LogP contribution in [0.2, 0.25) is 0 Å². The molecule has 1 amide bonds. The fourth-order valence-corrected chi connectivity index (χ4v) is 3.18. The molecule has 6 nitrogen and oxygen atoms in total. The molecule has 2 aliphatic rings. The van der Waals surface area contributed by atoms with E-state index in [-0.39, 0.29) is 23.6 Å². The maximum atomic E-state index is 12.7. The van der Waals surface area contributed by atoms with Crippen molar-refractivity contribution in [2.24, 2.45) is 5.92 Å². The Kier molecular flexibility index (Phi) is 3.18. The minimum Gasteiger partial charge on any atom is -0.476 e. The molecule has 2 aromatic rings. The third-order valence-electron chi connectivity index (χ3n) is 4.49. The molecular weight excluding hydrogens is 294 g/mol. The lowest BCUT2D eigenvalue weighted by Crippen LogP contribution is -2.43. The summed E-state index contributed by atoms with van der Waals surface area (Å²) < 4.78 is 1.86. The molecule has 0 radical (unpaired) electrons. The number of carboxylic acid groups (broad SMARTS) is 1. The van der Waals surface area contributed by atoms with Gasteiger partial charge in [0.15, 0.2) is 5.69 Å². The molecule has 118 valence electrons. The molecule has 1 aliphatic carbocycles. The van der Waals surface area contributed by atoms with Crippen LogP contribution in [0.1, 0.15) is 40.8 Å². The summed E-state index contributed by atoms with van der Waals surface area (Å²) in [7, 11) is 0. The molecule has 1 fully saturated rings. The Hall–Kier alpha value is -2.63. The zero-order chi connectivity index (χ0) is 16.0. The van der Waals surface area contributed by atoms with Crippen molar-refractivity contribution in [2.75, 3.05) is 6.54 Å². The summed E-state index contributed by atoms with van der Waals surface area (Å²) in [6.07, 6.45) is 3.46. The Labute approximate surface area is 133 Å². The van der Waals surface area contributed by atoms with Gasteiger partial charge in [0.05, 0.1) is 0 Å². The van der Waals surface area contributed by atoms with Crippen molar-refractivity contribution in [1.82, 2.24) is 14.5 Å². The summed E-state index contributed by atoms with van der Waals surface area (Å²) in [6.45, 7) is 1.16. The van der Waals surface area contributed by atoms with Crippen molar-refractivity contribution in [1.29, 1.82) is 0 Å². The number of carbonyl (C=O) groups excluding carboxylic acids is 1. The number of amides is 1. The van der Waals surface area contributed by atoms with Crippen LogP contribution < -0.4 is 0 Å². The monoisotopic (exact) mass is 311 g/mol. The van der Waals surface area contributed by atoms with Crippen molar-refractivity contribution < 1.29 is 14.7 Å². The molecule has 1 aromatic carbocycles. The predicted molar refractivity (Wildman–Crippen MR) is 81.9 cm³/mol. The number of carbonyl (C=O) groups is 2. The van der Waals surface area contributed by atoms with Gasteiger partial charge in [-0.05, 0) is 18.4 Å². The second-order valence-corrected chi connectivity index (χ2v) is 6.10. The number of nitrogens with zero attached hydrogens (tertiary/aromatic N) is 3. The van der Waals surface area contributed by atoms with Gasteiger partial charge in [-0.2, -0.15) is 0 Å². The Bertz CT molecular complexity index is 765. The quantitative estimate of drug-likeness (QED) is 0.939. The van der Waals surface area contributed by atoms with Crippen molar-refractivity contribution in [3.8, 4) is 0 Å². The number of imidazole rings is 1. The van der Waals surface area contributed by atoms with Gasteiger partial charge < -0.3 is 14.6 Å². The number of fused-ring (bicyclic) bond motifs is 1. The van der Waals surface area contributed by atoms with E-state index in [0.29, 0.717) is 18.9 Å². The van der Waals surface area contributed by atoms with Gasteiger partial charge in [0.25, 0.3) is 0 Å². The molecule has 1 N–H and O–H groups in total. The van der Waals surface area contributed by atoms with Crippen molar-refractivity contribution in [3.63, 3.8) is 0 Å². The first-order chi connectivity index (χ1) is 11.1. The number of aromatic nitrogens is 2. The van der Waals surface area contributed by atoms with Crippen LogP contribution in [0, 0.1) is 5.92 Å². The molecule has 1 saturated carbocycles. The number of hydrogen-bond acceptors (Lipinski definition) is 3. The Morgan fingerprint density at radius 2 is 1.87 bits per heavy atom. The minimum atomic E-state index is -1.04. The molecular formula is C17H17N3O3. The fraction of sp³-hybridized carbons (Fsp3) is 0.353. The van der Waals surface area contributed by atoms with Crippen LogP contribution in [0.3, 0.4) is 0 Å². The van der Waals surface area contributed by atoms with Crippen LogP contribution in [0.4, 0.5) is 0 Å². The third-order valence-corrected chi connectivity index (χ3v) is 4.49. The van der Waals surface area contributed by atoms with E-state index in [9.17, 15) is 14.7 Å². The molecule has 23 heavy (non-hydrogen) atoms. The van der Waals surface area contributed by atoms with Gasteiger partial charge in [-0.15, -0.1) is 0 Å². The molecule has 0 spiro atoms. The smallest absolute Gasteiger partial charge is 0.356 e. The van der Waals surface area contributed by atoms with Gasteiger partial charge >= 0.3 is 5.97 Å². The maximum absolute atomic E-state index is 12.7. The first kappa shape index (κ1) is 14.0. The summed E-state index contributed by atoms with van der Waals surface area (Å²) in [5.41, 5.74) is 0.992. The topological polar surface area (TPSA) is 75.4 Å². The SMILES string of the molecule is O=C(O)c1cn2c(n1)C(c1ccccc1)N(C(=O)C1CC1)CC2. The standard InChI is InChI=1S/C17H17N3O3/c21-16(12-6-7-12)20-9-8-19-10-13(17(22)23)18-15(19)14(20)11-4-2-1-3-5-11/h1-5,10,12,14H,6-9H2,(H,22,23). The molecule has 6 heteroatoms. The summed E-state index contributed by atoms with van der Waals surface area (Å²) in [6, 6.07) is 9.38. The van der Waals surface area contributed by atoms with Crippen molar-refractivity contribution >= 4 is 11.9 Å². The summed E-state index contributed by atoms with van der Waals surface area (Å²) >= 11 is 0. The highest BCUT2D eigenvalue weighted by atomic mass is 16.4. The third kappa shape index (κ3) is 2.40. The Morgan fingerprint density at radius 1 is 1.13 bits per heavy atom. The number of carboxylic acids is 1. The first-order valence-electron chi connectivity index (χ1n) is 7.81. The lowest BCUT2D eigenvalue weighted by atomic mass is 10.0. The molecule has 1 unspecified atom stereocenters. The predicted octanol–water partition coefficient (Wildman–Crippen LogP) is 1.92. The minimum absolute atomic E-state index is 0.0293. The first-order valence-corrected chi connectivity index (χ1v) is 7.81. The Balaban J connectivity index is 1.80. The second kappa shape index (κ2) is 5.22. The van der Waals surface area contributed by atoms with Gasteiger partial charge in [-0.1, -0.05) is 30.3 Å². The normalized spacial score (nSPS) is 20.2. The summed E-state index contributed by atoms with van der Waals surface area (Å²) in [5.74, 6) is -0.126. The zero-order valence-electron chi connectivity index (χ0n) is 12.6. The van der Waals surface area contributed by atoms with Crippen LogP contribution in [-0.2, 0) is 11.3 Å². The van der Waals surface area contributed by atoms with Gasteiger partial charge in [-0.3, -0.25) is 4.79 Å². The molecule has 0 bridgehead atoms. The molecule has 1 atom stereocenters. The maximum Gasteiger partial charge on any atom is 0.356 e. The van der Waals surface area contributed by atoms with Crippen molar-refractivity contribution in [3.05, 3.63) is 53.6 Å². The molecule has 0 saturated heterocycles. The number of hydrogen-bond donors (Lipinski definition) is 1. The molecule has 1 aromatic heterocycles. The highest BCUT2D eigenvalue weighted by Gasteiger charge is 2.40. The largest absolute Gasteiger partial charge is 0.476 e. The van der Waals surface area contributed by atoms with Gasteiger partial charge in [-0.25, -0.2) is 9.78 Å². The molecule has 4 rings (SSSR count). The van der Waals surface area contributed by atoms with E-state index < -0.39 is 5.97 Å². The lowest BCUT2D eigenvalue weighted by molar-refractivity contribution is -0.135. The Morgan fingerprint density at radius 3 is 2.52 bits per heavy atom. The van der Waals surface area contributed by atoms with E-state index in [2.05, 4.69) is 4.98 Å². The van der Waals surface area contributed by atoms with E-state index in [4.69, 9.17) is 0 Å². The van der Waals surface area contributed by atoms with Crippen LogP contribution in [0.25, 0.3) is 0 Å². The van der Waals surface area contributed by atoms with E-state index >= 15 is 0 Å².